The Hall–Kier alpha value is -1.75. The summed E-state index contributed by atoms with van der Waals surface area (Å²) in [6, 6.07) is 9.47. The molecule has 0 amide bonds. The summed E-state index contributed by atoms with van der Waals surface area (Å²) in [5.41, 5.74) is 0.910. The second-order valence-corrected chi connectivity index (χ2v) is 2.19. The van der Waals surface area contributed by atoms with E-state index in [4.69, 9.17) is 11.3 Å². The van der Waals surface area contributed by atoms with E-state index in [0.717, 1.165) is 5.56 Å². The molecule has 1 rings (SSSR count). The van der Waals surface area contributed by atoms with Crippen molar-refractivity contribution in [3.8, 4) is 12.3 Å². The van der Waals surface area contributed by atoms with Crippen LogP contribution >= 0.6 is 0 Å². The molecular formula is C10H9NO. The minimum absolute atomic E-state index is 0.427. The average molecular weight is 159 g/mol. The van der Waals surface area contributed by atoms with E-state index in [2.05, 4.69) is 17.8 Å². The molecule has 2 heteroatoms. The van der Waals surface area contributed by atoms with E-state index < -0.39 is 6.10 Å². The van der Waals surface area contributed by atoms with Gasteiger partial charge < -0.3 is 4.84 Å². The van der Waals surface area contributed by atoms with Gasteiger partial charge in [0.05, 0.1) is 0 Å². The fourth-order valence-electron chi connectivity index (χ4n) is 0.890. The van der Waals surface area contributed by atoms with Crippen molar-refractivity contribution in [2.24, 2.45) is 5.16 Å². The quantitative estimate of drug-likeness (QED) is 0.375. The lowest BCUT2D eigenvalue weighted by Gasteiger charge is -2.07. The Bertz CT molecular complexity index is 286. The molecule has 0 aromatic heterocycles. The summed E-state index contributed by atoms with van der Waals surface area (Å²) in [7, 11) is 0. The first-order valence-corrected chi connectivity index (χ1v) is 3.51. The van der Waals surface area contributed by atoms with Gasteiger partial charge >= 0.3 is 0 Å². The highest BCUT2D eigenvalue weighted by atomic mass is 16.6. The third kappa shape index (κ3) is 1.86. The van der Waals surface area contributed by atoms with Crippen LogP contribution in [0.4, 0.5) is 0 Å². The molecular weight excluding hydrogens is 150 g/mol. The molecule has 2 nitrogen and oxygen atoms in total. The number of benzene rings is 1. The van der Waals surface area contributed by atoms with Crippen LogP contribution in [0.5, 0.6) is 0 Å². The minimum Gasteiger partial charge on any atom is -0.375 e. The van der Waals surface area contributed by atoms with E-state index in [0.29, 0.717) is 0 Å². The van der Waals surface area contributed by atoms with Crippen molar-refractivity contribution in [3.05, 3.63) is 35.9 Å². The van der Waals surface area contributed by atoms with Gasteiger partial charge in [-0.1, -0.05) is 36.3 Å². The third-order valence-corrected chi connectivity index (χ3v) is 1.43. The second kappa shape index (κ2) is 4.20. The van der Waals surface area contributed by atoms with Crippen LogP contribution in [0.15, 0.2) is 35.5 Å². The van der Waals surface area contributed by atoms with Gasteiger partial charge in [-0.25, -0.2) is 0 Å². The Morgan fingerprint density at radius 3 is 2.58 bits per heavy atom. The lowest BCUT2D eigenvalue weighted by atomic mass is 10.1. The van der Waals surface area contributed by atoms with Gasteiger partial charge in [0.25, 0.3) is 0 Å². The van der Waals surface area contributed by atoms with Crippen LogP contribution in [-0.4, -0.2) is 6.72 Å². The molecule has 0 heterocycles. The maximum atomic E-state index is 5.23. The molecule has 0 N–H and O–H groups in total. The molecule has 1 atom stereocenters. The number of rotatable bonds is 3. The summed E-state index contributed by atoms with van der Waals surface area (Å²) in [5, 5.41) is 3.29. The smallest absolute Gasteiger partial charge is 0.212 e. The molecule has 1 aromatic rings. The molecule has 1 unspecified atom stereocenters. The Labute approximate surface area is 71.9 Å². The topological polar surface area (TPSA) is 21.6 Å². The molecule has 0 aliphatic carbocycles. The van der Waals surface area contributed by atoms with Crippen LogP contribution in [-0.2, 0) is 4.84 Å². The highest BCUT2D eigenvalue weighted by molar-refractivity contribution is 5.25. The average Bonchev–Trinajstić information content (AvgIpc) is 2.15. The van der Waals surface area contributed by atoms with Crippen LogP contribution in [0.25, 0.3) is 0 Å². The van der Waals surface area contributed by atoms with Crippen molar-refractivity contribution in [2.75, 3.05) is 0 Å². The maximum absolute atomic E-state index is 5.23. The van der Waals surface area contributed by atoms with Crippen molar-refractivity contribution in [3.63, 3.8) is 0 Å². The van der Waals surface area contributed by atoms with E-state index in [1.807, 2.05) is 30.3 Å². The van der Waals surface area contributed by atoms with Gasteiger partial charge in [0.15, 0.2) is 0 Å². The van der Waals surface area contributed by atoms with E-state index in [1.165, 1.54) is 0 Å². The van der Waals surface area contributed by atoms with Gasteiger partial charge in [-0.2, -0.15) is 0 Å². The highest BCUT2D eigenvalue weighted by Crippen LogP contribution is 2.15. The number of nitrogens with zero attached hydrogens (tertiary/aromatic N) is 1. The summed E-state index contributed by atoms with van der Waals surface area (Å²) in [6.07, 6.45) is 4.80. The Morgan fingerprint density at radius 2 is 2.08 bits per heavy atom. The number of hydrogen-bond donors (Lipinski definition) is 0. The van der Waals surface area contributed by atoms with E-state index in [1.54, 1.807) is 0 Å². The molecule has 0 radical (unpaired) electrons. The Kier molecular flexibility index (Phi) is 2.92. The van der Waals surface area contributed by atoms with Crippen molar-refractivity contribution in [1.82, 2.24) is 0 Å². The van der Waals surface area contributed by atoms with Crippen molar-refractivity contribution < 1.29 is 4.84 Å². The zero-order valence-corrected chi connectivity index (χ0v) is 6.60. The molecule has 0 bridgehead atoms. The molecule has 0 aliphatic heterocycles. The first-order valence-electron chi connectivity index (χ1n) is 3.51. The predicted molar refractivity (Wildman–Crippen MR) is 48.7 cm³/mol. The number of terminal acetylenes is 1. The van der Waals surface area contributed by atoms with Crippen LogP contribution in [0.1, 0.15) is 11.7 Å². The van der Waals surface area contributed by atoms with Crippen LogP contribution in [0.2, 0.25) is 0 Å². The van der Waals surface area contributed by atoms with Gasteiger partial charge in [-0.05, 0) is 0 Å². The van der Waals surface area contributed by atoms with Gasteiger partial charge in [0.2, 0.25) is 6.10 Å². The number of oxime groups is 1. The maximum Gasteiger partial charge on any atom is 0.212 e. The lowest BCUT2D eigenvalue weighted by molar-refractivity contribution is 0.102. The Morgan fingerprint density at radius 1 is 1.42 bits per heavy atom. The van der Waals surface area contributed by atoms with E-state index >= 15 is 0 Å². The monoisotopic (exact) mass is 159 g/mol. The zero-order valence-electron chi connectivity index (χ0n) is 6.60. The Balaban J connectivity index is 2.82. The third-order valence-electron chi connectivity index (χ3n) is 1.43. The van der Waals surface area contributed by atoms with Crippen molar-refractivity contribution in [2.45, 2.75) is 6.10 Å². The first kappa shape index (κ1) is 8.35. The normalized spacial score (nSPS) is 11.2. The van der Waals surface area contributed by atoms with Crippen molar-refractivity contribution in [1.29, 1.82) is 0 Å². The molecule has 0 saturated heterocycles. The molecule has 0 fully saturated rings. The van der Waals surface area contributed by atoms with Crippen LogP contribution < -0.4 is 0 Å². The zero-order chi connectivity index (χ0) is 8.81. The summed E-state index contributed by atoms with van der Waals surface area (Å²) in [5.74, 6) is 2.46. The van der Waals surface area contributed by atoms with E-state index in [9.17, 15) is 0 Å². The SMILES string of the molecule is C#CC(ON=C)c1ccccc1. The summed E-state index contributed by atoms with van der Waals surface area (Å²) in [6.45, 7) is 3.21. The van der Waals surface area contributed by atoms with E-state index in [-0.39, 0.29) is 0 Å². The van der Waals surface area contributed by atoms with Crippen LogP contribution in [0, 0.1) is 12.3 Å². The fourth-order valence-corrected chi connectivity index (χ4v) is 0.890. The lowest BCUT2D eigenvalue weighted by Crippen LogP contribution is -1.96. The predicted octanol–water partition coefficient (Wildman–Crippen LogP) is 1.99. The summed E-state index contributed by atoms with van der Waals surface area (Å²) >= 11 is 0. The first-order chi connectivity index (χ1) is 5.88. The van der Waals surface area contributed by atoms with Gasteiger partial charge in [-0.3, -0.25) is 0 Å². The van der Waals surface area contributed by atoms with Gasteiger partial charge in [0, 0.05) is 12.3 Å². The minimum atomic E-state index is -0.427. The molecule has 1 aromatic carbocycles. The number of hydrogen-bond acceptors (Lipinski definition) is 2. The largest absolute Gasteiger partial charge is 0.375 e. The van der Waals surface area contributed by atoms with Gasteiger partial charge in [-0.15, -0.1) is 11.6 Å². The molecule has 0 spiro atoms. The van der Waals surface area contributed by atoms with Gasteiger partial charge in [0.1, 0.15) is 0 Å². The second-order valence-electron chi connectivity index (χ2n) is 2.19. The standard InChI is InChI=1S/C10H9NO/c1-3-10(12-11-2)9-7-5-4-6-8-9/h1,4-8,10H,2H2. The molecule has 0 saturated carbocycles. The van der Waals surface area contributed by atoms with Crippen LogP contribution in [0.3, 0.4) is 0 Å². The summed E-state index contributed by atoms with van der Waals surface area (Å²) < 4.78 is 0. The fraction of sp³-hybridized carbons (Fsp3) is 0.100. The molecule has 0 aliphatic rings. The summed E-state index contributed by atoms with van der Waals surface area (Å²) in [4.78, 5) is 4.85. The molecule has 60 valence electrons. The highest BCUT2D eigenvalue weighted by Gasteiger charge is 2.06. The van der Waals surface area contributed by atoms with Crippen molar-refractivity contribution >= 4 is 6.72 Å². The molecule has 12 heavy (non-hydrogen) atoms.